The van der Waals surface area contributed by atoms with E-state index in [1.165, 1.54) is 16.7 Å². The largest absolute Gasteiger partial charge is 0.493 e. The van der Waals surface area contributed by atoms with Crippen molar-refractivity contribution >= 4 is 5.57 Å². The molecular weight excluding hydrogens is 272 g/mol. The Morgan fingerprint density at radius 1 is 0.955 bits per heavy atom. The van der Waals surface area contributed by atoms with E-state index in [2.05, 4.69) is 49.4 Å². The number of hydrogen-bond donors (Lipinski definition) is 0. The Morgan fingerprint density at radius 2 is 1.73 bits per heavy atom. The Balaban J connectivity index is 1.71. The molecule has 4 rings (SSSR count). The molecule has 2 aromatic rings. The first-order chi connectivity index (χ1) is 10.8. The molecule has 2 nitrogen and oxygen atoms in total. The van der Waals surface area contributed by atoms with Gasteiger partial charge in [0.05, 0.1) is 6.61 Å². The molecule has 2 aromatic carbocycles. The van der Waals surface area contributed by atoms with Gasteiger partial charge in [-0.2, -0.15) is 0 Å². The van der Waals surface area contributed by atoms with Gasteiger partial charge in [-0.15, -0.1) is 0 Å². The monoisotopic (exact) mass is 292 g/mol. The van der Waals surface area contributed by atoms with Crippen LogP contribution >= 0.6 is 0 Å². The van der Waals surface area contributed by atoms with E-state index in [-0.39, 0.29) is 5.41 Å². The lowest BCUT2D eigenvalue weighted by molar-refractivity contribution is 0.225. The van der Waals surface area contributed by atoms with E-state index in [1.54, 1.807) is 0 Å². The summed E-state index contributed by atoms with van der Waals surface area (Å²) >= 11 is 0. The van der Waals surface area contributed by atoms with Gasteiger partial charge < -0.3 is 9.47 Å². The standard InChI is InChI=1S/C20H20O2/c1-20(11-13-22-19-9-5-3-7-17(19)20)14-15-10-12-21-18-8-4-2-6-16(15)18/h2-10H,11-14H2,1H3. The van der Waals surface area contributed by atoms with Gasteiger partial charge in [0.15, 0.2) is 0 Å². The zero-order valence-electron chi connectivity index (χ0n) is 12.8. The third-order valence-corrected chi connectivity index (χ3v) is 4.83. The second-order valence-corrected chi connectivity index (χ2v) is 6.37. The molecule has 1 atom stereocenters. The van der Waals surface area contributed by atoms with Crippen LogP contribution in [0.1, 0.15) is 30.9 Å². The highest BCUT2D eigenvalue weighted by molar-refractivity contribution is 5.73. The molecule has 0 aliphatic carbocycles. The molecule has 0 N–H and O–H groups in total. The Bertz CT molecular complexity index is 732. The SMILES string of the molecule is CC1(CC2=CCOc3ccccc32)CCOc2ccccc21. The molecule has 0 saturated heterocycles. The highest BCUT2D eigenvalue weighted by atomic mass is 16.5. The van der Waals surface area contributed by atoms with Crippen LogP contribution in [0.3, 0.4) is 0 Å². The maximum absolute atomic E-state index is 5.83. The third-order valence-electron chi connectivity index (χ3n) is 4.83. The second-order valence-electron chi connectivity index (χ2n) is 6.37. The number of rotatable bonds is 2. The molecule has 0 saturated carbocycles. The van der Waals surface area contributed by atoms with E-state index in [0.717, 1.165) is 30.9 Å². The predicted octanol–water partition coefficient (Wildman–Crippen LogP) is 4.59. The Morgan fingerprint density at radius 3 is 2.64 bits per heavy atom. The Labute approximate surface area is 131 Å². The average molecular weight is 292 g/mol. The van der Waals surface area contributed by atoms with Crippen LogP contribution in [0.4, 0.5) is 0 Å². The summed E-state index contributed by atoms with van der Waals surface area (Å²) in [5, 5.41) is 0. The summed E-state index contributed by atoms with van der Waals surface area (Å²) in [6.07, 6.45) is 4.30. The molecule has 2 aliphatic heterocycles. The van der Waals surface area contributed by atoms with Crippen molar-refractivity contribution in [3.05, 3.63) is 65.7 Å². The number of benzene rings is 2. The molecule has 0 spiro atoms. The van der Waals surface area contributed by atoms with Crippen molar-refractivity contribution < 1.29 is 9.47 Å². The van der Waals surface area contributed by atoms with Crippen LogP contribution < -0.4 is 9.47 Å². The highest BCUT2D eigenvalue weighted by Crippen LogP contribution is 2.45. The van der Waals surface area contributed by atoms with Crippen molar-refractivity contribution in [3.63, 3.8) is 0 Å². The van der Waals surface area contributed by atoms with Crippen molar-refractivity contribution in [3.8, 4) is 11.5 Å². The minimum absolute atomic E-state index is 0.116. The zero-order valence-corrected chi connectivity index (χ0v) is 12.8. The van der Waals surface area contributed by atoms with Gasteiger partial charge in [0.1, 0.15) is 18.1 Å². The minimum atomic E-state index is 0.116. The maximum atomic E-state index is 5.83. The molecule has 2 heteroatoms. The van der Waals surface area contributed by atoms with Crippen LogP contribution in [0.25, 0.3) is 5.57 Å². The average Bonchev–Trinajstić information content (AvgIpc) is 2.56. The molecule has 22 heavy (non-hydrogen) atoms. The number of allylic oxidation sites excluding steroid dienone is 1. The number of para-hydroxylation sites is 2. The minimum Gasteiger partial charge on any atom is -0.493 e. The van der Waals surface area contributed by atoms with E-state index >= 15 is 0 Å². The van der Waals surface area contributed by atoms with Crippen molar-refractivity contribution in [2.45, 2.75) is 25.2 Å². The lowest BCUT2D eigenvalue weighted by Crippen LogP contribution is -2.30. The third kappa shape index (κ3) is 2.19. The number of fused-ring (bicyclic) bond motifs is 2. The lowest BCUT2D eigenvalue weighted by Gasteiger charge is -2.37. The van der Waals surface area contributed by atoms with E-state index < -0.39 is 0 Å². The van der Waals surface area contributed by atoms with Crippen molar-refractivity contribution in [2.24, 2.45) is 0 Å². The first-order valence-corrected chi connectivity index (χ1v) is 7.90. The normalized spacial score (nSPS) is 22.7. The van der Waals surface area contributed by atoms with Crippen LogP contribution in [0.15, 0.2) is 54.6 Å². The van der Waals surface area contributed by atoms with Crippen LogP contribution in [0.5, 0.6) is 11.5 Å². The Hall–Kier alpha value is -2.22. The van der Waals surface area contributed by atoms with Crippen molar-refractivity contribution in [1.82, 2.24) is 0 Å². The van der Waals surface area contributed by atoms with Crippen LogP contribution in [-0.2, 0) is 5.41 Å². The van der Waals surface area contributed by atoms with Gasteiger partial charge >= 0.3 is 0 Å². The highest BCUT2D eigenvalue weighted by Gasteiger charge is 2.34. The van der Waals surface area contributed by atoms with Gasteiger partial charge in [0.25, 0.3) is 0 Å². The van der Waals surface area contributed by atoms with E-state index in [4.69, 9.17) is 9.47 Å². The van der Waals surface area contributed by atoms with Crippen molar-refractivity contribution in [2.75, 3.05) is 13.2 Å². The maximum Gasteiger partial charge on any atom is 0.127 e. The molecule has 1 unspecified atom stereocenters. The fraction of sp³-hybridized carbons (Fsp3) is 0.300. The summed E-state index contributed by atoms with van der Waals surface area (Å²) in [7, 11) is 0. The van der Waals surface area contributed by atoms with E-state index in [1.807, 2.05) is 12.1 Å². The quantitative estimate of drug-likeness (QED) is 0.806. The first-order valence-electron chi connectivity index (χ1n) is 7.90. The molecule has 2 heterocycles. The van der Waals surface area contributed by atoms with Crippen LogP contribution in [0, 0.1) is 0 Å². The smallest absolute Gasteiger partial charge is 0.127 e. The molecule has 0 radical (unpaired) electrons. The molecule has 0 fully saturated rings. The summed E-state index contributed by atoms with van der Waals surface area (Å²) in [5.74, 6) is 2.04. The summed E-state index contributed by atoms with van der Waals surface area (Å²) in [6.45, 7) is 3.81. The predicted molar refractivity (Wildman–Crippen MR) is 88.4 cm³/mol. The van der Waals surface area contributed by atoms with Gasteiger partial charge in [-0.05, 0) is 36.6 Å². The van der Waals surface area contributed by atoms with Gasteiger partial charge in [-0.1, -0.05) is 43.3 Å². The fourth-order valence-corrected chi connectivity index (χ4v) is 3.58. The number of ether oxygens (including phenoxy) is 2. The summed E-state index contributed by atoms with van der Waals surface area (Å²) in [6, 6.07) is 16.8. The fourth-order valence-electron chi connectivity index (χ4n) is 3.58. The van der Waals surface area contributed by atoms with Crippen molar-refractivity contribution in [1.29, 1.82) is 0 Å². The van der Waals surface area contributed by atoms with E-state index in [9.17, 15) is 0 Å². The molecule has 2 aliphatic rings. The summed E-state index contributed by atoms with van der Waals surface area (Å²) in [4.78, 5) is 0. The first kappa shape index (κ1) is 13.4. The molecular formula is C20H20O2. The van der Waals surface area contributed by atoms with Gasteiger partial charge in [-0.3, -0.25) is 0 Å². The van der Waals surface area contributed by atoms with Gasteiger partial charge in [0, 0.05) is 16.5 Å². The van der Waals surface area contributed by atoms with Gasteiger partial charge in [-0.25, -0.2) is 0 Å². The summed E-state index contributed by atoms with van der Waals surface area (Å²) < 4.78 is 11.6. The molecule has 112 valence electrons. The van der Waals surface area contributed by atoms with Gasteiger partial charge in [0.2, 0.25) is 0 Å². The van der Waals surface area contributed by atoms with Crippen LogP contribution in [0.2, 0.25) is 0 Å². The van der Waals surface area contributed by atoms with Crippen LogP contribution in [-0.4, -0.2) is 13.2 Å². The number of hydrogen-bond acceptors (Lipinski definition) is 2. The topological polar surface area (TPSA) is 18.5 Å². The second kappa shape index (κ2) is 5.20. The summed E-state index contributed by atoms with van der Waals surface area (Å²) in [5.41, 5.74) is 4.07. The molecule has 0 amide bonds. The van der Waals surface area contributed by atoms with E-state index in [0.29, 0.717) is 6.61 Å². The lowest BCUT2D eigenvalue weighted by atomic mass is 9.72. The molecule has 0 aromatic heterocycles. The Kier molecular flexibility index (Phi) is 3.18. The zero-order chi connectivity index (χ0) is 15.0. The molecule has 0 bridgehead atoms.